The van der Waals surface area contributed by atoms with Crippen molar-refractivity contribution in [1.29, 1.82) is 5.26 Å². The number of anilines is 2. The molecule has 0 fully saturated rings. The van der Waals surface area contributed by atoms with Crippen molar-refractivity contribution < 1.29 is 9.53 Å². The van der Waals surface area contributed by atoms with Crippen LogP contribution >= 0.6 is 15.9 Å². The molecule has 7 heteroatoms. The van der Waals surface area contributed by atoms with E-state index >= 15 is 0 Å². The number of hydrogen-bond donors (Lipinski definition) is 1. The van der Waals surface area contributed by atoms with Gasteiger partial charge in [-0.3, -0.25) is 0 Å². The summed E-state index contributed by atoms with van der Waals surface area (Å²) in [4.78, 5) is 19.2. The standard InChI is InChI=1S/C13H9BrN4O2/c1-20-13(19)11-6-17-12(7-16-11)18-10-3-2-9(14)4-8(10)5-15/h2-4,6-7H,1H3,(H,17,18). The number of methoxy groups -OCH3 is 1. The second kappa shape index (κ2) is 6.12. The number of hydrogen-bond acceptors (Lipinski definition) is 6. The molecule has 0 saturated carbocycles. The van der Waals surface area contributed by atoms with E-state index in [2.05, 4.69) is 42.0 Å². The Morgan fingerprint density at radius 2 is 2.20 bits per heavy atom. The third-order valence-electron chi connectivity index (χ3n) is 2.41. The van der Waals surface area contributed by atoms with Crippen molar-refractivity contribution in [2.75, 3.05) is 12.4 Å². The Morgan fingerprint density at radius 3 is 2.80 bits per heavy atom. The number of nitrogens with zero attached hydrogens (tertiary/aromatic N) is 3. The summed E-state index contributed by atoms with van der Waals surface area (Å²) in [7, 11) is 1.27. The zero-order valence-corrected chi connectivity index (χ0v) is 12.0. The number of nitrogens with one attached hydrogen (secondary N) is 1. The van der Waals surface area contributed by atoms with Crippen LogP contribution in [0.2, 0.25) is 0 Å². The Kier molecular flexibility index (Phi) is 4.27. The smallest absolute Gasteiger partial charge is 0.358 e. The molecule has 0 aliphatic carbocycles. The molecule has 1 N–H and O–H groups in total. The van der Waals surface area contributed by atoms with Gasteiger partial charge in [-0.25, -0.2) is 14.8 Å². The summed E-state index contributed by atoms with van der Waals surface area (Å²) in [6.45, 7) is 0. The Morgan fingerprint density at radius 1 is 1.40 bits per heavy atom. The van der Waals surface area contributed by atoms with Crippen molar-refractivity contribution in [3.63, 3.8) is 0 Å². The summed E-state index contributed by atoms with van der Waals surface area (Å²) in [6.07, 6.45) is 2.70. The van der Waals surface area contributed by atoms with E-state index in [-0.39, 0.29) is 5.69 Å². The number of rotatable bonds is 3. The summed E-state index contributed by atoms with van der Waals surface area (Å²) in [5.41, 5.74) is 1.20. The van der Waals surface area contributed by atoms with Crippen LogP contribution in [0.15, 0.2) is 35.1 Å². The Balaban J connectivity index is 2.23. The van der Waals surface area contributed by atoms with E-state index in [4.69, 9.17) is 5.26 Å². The molecule has 2 rings (SSSR count). The maximum absolute atomic E-state index is 11.2. The van der Waals surface area contributed by atoms with Crippen molar-refractivity contribution in [2.45, 2.75) is 0 Å². The molecule has 20 heavy (non-hydrogen) atoms. The summed E-state index contributed by atoms with van der Waals surface area (Å²) < 4.78 is 5.35. The lowest BCUT2D eigenvalue weighted by Crippen LogP contribution is -2.06. The highest BCUT2D eigenvalue weighted by Crippen LogP contribution is 2.22. The molecule has 1 aromatic heterocycles. The summed E-state index contributed by atoms with van der Waals surface area (Å²) in [6, 6.07) is 7.33. The van der Waals surface area contributed by atoms with E-state index < -0.39 is 5.97 Å². The predicted octanol–water partition coefficient (Wildman–Crippen LogP) is 2.64. The maximum Gasteiger partial charge on any atom is 0.358 e. The van der Waals surface area contributed by atoms with Crippen LogP contribution in [0.3, 0.4) is 0 Å². The molecule has 0 amide bonds. The number of esters is 1. The van der Waals surface area contributed by atoms with Crippen LogP contribution < -0.4 is 5.32 Å². The van der Waals surface area contributed by atoms with Crippen LogP contribution in [0.1, 0.15) is 16.1 Å². The molecule has 1 heterocycles. The number of benzene rings is 1. The summed E-state index contributed by atoms with van der Waals surface area (Å²) >= 11 is 3.30. The number of nitriles is 1. The summed E-state index contributed by atoms with van der Waals surface area (Å²) in [5, 5.41) is 12.0. The molecule has 2 aromatic rings. The lowest BCUT2D eigenvalue weighted by molar-refractivity contribution is 0.0593. The first kappa shape index (κ1) is 14.0. The normalized spacial score (nSPS) is 9.65. The molecule has 0 atom stereocenters. The van der Waals surface area contributed by atoms with Gasteiger partial charge in [-0.2, -0.15) is 5.26 Å². The lowest BCUT2D eigenvalue weighted by atomic mass is 10.2. The minimum Gasteiger partial charge on any atom is -0.464 e. The van der Waals surface area contributed by atoms with Crippen LogP contribution in [-0.4, -0.2) is 23.0 Å². The van der Waals surface area contributed by atoms with E-state index in [1.54, 1.807) is 18.2 Å². The number of halogens is 1. The molecule has 1 aromatic carbocycles. The van der Waals surface area contributed by atoms with E-state index in [0.29, 0.717) is 17.1 Å². The van der Waals surface area contributed by atoms with Crippen molar-refractivity contribution in [3.05, 3.63) is 46.3 Å². The number of carbonyl (C=O) groups excluding carboxylic acids is 1. The molecule has 0 saturated heterocycles. The van der Waals surface area contributed by atoms with E-state index in [1.165, 1.54) is 19.5 Å². The Labute approximate surface area is 123 Å². The van der Waals surface area contributed by atoms with Gasteiger partial charge in [0.2, 0.25) is 0 Å². The van der Waals surface area contributed by atoms with Gasteiger partial charge in [-0.1, -0.05) is 15.9 Å². The van der Waals surface area contributed by atoms with Gasteiger partial charge < -0.3 is 10.1 Å². The maximum atomic E-state index is 11.2. The number of ether oxygens (including phenoxy) is 1. The molecular formula is C13H9BrN4O2. The van der Waals surface area contributed by atoms with Crippen LogP contribution in [0, 0.1) is 11.3 Å². The van der Waals surface area contributed by atoms with Crippen molar-refractivity contribution in [1.82, 2.24) is 9.97 Å². The Hall–Kier alpha value is -2.46. The average Bonchev–Trinajstić information content (AvgIpc) is 2.49. The fourth-order valence-corrected chi connectivity index (χ4v) is 1.82. The quantitative estimate of drug-likeness (QED) is 0.869. The minimum atomic E-state index is -0.551. The zero-order valence-electron chi connectivity index (χ0n) is 10.4. The van der Waals surface area contributed by atoms with Gasteiger partial charge in [0.1, 0.15) is 11.9 Å². The number of carbonyl (C=O) groups is 1. The average molecular weight is 333 g/mol. The highest BCUT2D eigenvalue weighted by atomic mass is 79.9. The predicted molar refractivity (Wildman–Crippen MR) is 75.5 cm³/mol. The van der Waals surface area contributed by atoms with Gasteiger partial charge in [-0.05, 0) is 18.2 Å². The van der Waals surface area contributed by atoms with Gasteiger partial charge >= 0.3 is 5.97 Å². The van der Waals surface area contributed by atoms with Crippen molar-refractivity contribution in [2.24, 2.45) is 0 Å². The van der Waals surface area contributed by atoms with E-state index in [9.17, 15) is 4.79 Å². The van der Waals surface area contributed by atoms with Crippen molar-refractivity contribution >= 4 is 33.4 Å². The monoisotopic (exact) mass is 332 g/mol. The van der Waals surface area contributed by atoms with Gasteiger partial charge in [0, 0.05) is 4.47 Å². The van der Waals surface area contributed by atoms with Crippen LogP contribution in [0.5, 0.6) is 0 Å². The van der Waals surface area contributed by atoms with E-state index in [1.807, 2.05) is 0 Å². The second-order valence-electron chi connectivity index (χ2n) is 3.71. The SMILES string of the molecule is COC(=O)c1cnc(Nc2ccc(Br)cc2C#N)cn1. The molecule has 0 spiro atoms. The van der Waals surface area contributed by atoms with Gasteiger partial charge in [-0.15, -0.1) is 0 Å². The number of aromatic nitrogens is 2. The molecule has 0 radical (unpaired) electrons. The molecule has 0 bridgehead atoms. The molecule has 0 unspecified atom stereocenters. The van der Waals surface area contributed by atoms with Crippen LogP contribution in [0.4, 0.5) is 11.5 Å². The molecule has 0 aliphatic rings. The minimum absolute atomic E-state index is 0.120. The van der Waals surface area contributed by atoms with Crippen molar-refractivity contribution in [3.8, 4) is 6.07 Å². The topological polar surface area (TPSA) is 87.9 Å². The molecule has 100 valence electrons. The largest absolute Gasteiger partial charge is 0.464 e. The highest BCUT2D eigenvalue weighted by Gasteiger charge is 2.08. The zero-order chi connectivity index (χ0) is 14.5. The molecular weight excluding hydrogens is 324 g/mol. The van der Waals surface area contributed by atoms with Gasteiger partial charge in [0.15, 0.2) is 5.69 Å². The fourth-order valence-electron chi connectivity index (χ4n) is 1.46. The highest BCUT2D eigenvalue weighted by molar-refractivity contribution is 9.10. The second-order valence-corrected chi connectivity index (χ2v) is 4.62. The first-order chi connectivity index (χ1) is 9.63. The fraction of sp³-hybridized carbons (Fsp3) is 0.0769. The van der Waals surface area contributed by atoms with Gasteiger partial charge in [0.25, 0.3) is 0 Å². The molecule has 0 aliphatic heterocycles. The Bertz CT molecular complexity index is 680. The third kappa shape index (κ3) is 3.10. The third-order valence-corrected chi connectivity index (χ3v) is 2.90. The van der Waals surface area contributed by atoms with Gasteiger partial charge in [0.05, 0.1) is 30.8 Å². The van der Waals surface area contributed by atoms with Crippen LogP contribution in [0.25, 0.3) is 0 Å². The van der Waals surface area contributed by atoms with E-state index in [0.717, 1.165) is 4.47 Å². The molecule has 6 nitrogen and oxygen atoms in total. The first-order valence-corrected chi connectivity index (χ1v) is 6.30. The lowest BCUT2D eigenvalue weighted by Gasteiger charge is -2.07. The summed E-state index contributed by atoms with van der Waals surface area (Å²) in [5.74, 6) is -0.123. The van der Waals surface area contributed by atoms with Crippen LogP contribution in [-0.2, 0) is 4.74 Å². The first-order valence-electron chi connectivity index (χ1n) is 5.51.